The van der Waals surface area contributed by atoms with Gasteiger partial charge in [-0.25, -0.2) is 4.98 Å². The van der Waals surface area contributed by atoms with Crippen molar-refractivity contribution < 1.29 is 4.90 Å². The van der Waals surface area contributed by atoms with Crippen LogP contribution in [0.3, 0.4) is 0 Å². The van der Waals surface area contributed by atoms with E-state index in [1.54, 1.807) is 11.0 Å². The van der Waals surface area contributed by atoms with Crippen LogP contribution >= 0.6 is 0 Å². The lowest BCUT2D eigenvalue weighted by molar-refractivity contribution is -0.926. The van der Waals surface area contributed by atoms with Gasteiger partial charge >= 0.3 is 0 Å². The van der Waals surface area contributed by atoms with Crippen LogP contribution in [0.4, 0.5) is 5.95 Å². The van der Waals surface area contributed by atoms with Crippen LogP contribution in [0.25, 0.3) is 0 Å². The van der Waals surface area contributed by atoms with Crippen LogP contribution in [0.15, 0.2) is 71.5 Å². The number of anilines is 1. The first kappa shape index (κ1) is 19.4. The number of piperazine rings is 1. The monoisotopic (exact) mass is 389 g/mol. The summed E-state index contributed by atoms with van der Waals surface area (Å²) in [5.74, 6) is 0.944. The van der Waals surface area contributed by atoms with Crippen LogP contribution in [0, 0.1) is 0 Å². The Morgan fingerprint density at radius 2 is 1.48 bits per heavy atom. The van der Waals surface area contributed by atoms with E-state index in [0.717, 1.165) is 31.9 Å². The number of quaternary nitrogens is 1. The predicted molar refractivity (Wildman–Crippen MR) is 117 cm³/mol. The number of hydrogen-bond donors (Lipinski definition) is 2. The van der Waals surface area contributed by atoms with Crippen molar-refractivity contribution in [1.82, 2.24) is 9.97 Å². The summed E-state index contributed by atoms with van der Waals surface area (Å²) in [6.45, 7) is 7.86. The molecule has 0 radical (unpaired) electrons. The minimum absolute atomic E-state index is 0.0695. The Morgan fingerprint density at radius 3 is 2.00 bits per heavy atom. The maximum atomic E-state index is 12.1. The van der Waals surface area contributed by atoms with E-state index < -0.39 is 0 Å². The zero-order valence-corrected chi connectivity index (χ0v) is 17.1. The average molecular weight is 390 g/mol. The second-order valence-electron chi connectivity index (χ2n) is 8.05. The third kappa shape index (κ3) is 4.40. The molecule has 150 valence electrons. The van der Waals surface area contributed by atoms with Crippen molar-refractivity contribution >= 4 is 5.95 Å². The van der Waals surface area contributed by atoms with Gasteiger partial charge in [0.25, 0.3) is 5.56 Å². The maximum absolute atomic E-state index is 12.1. The minimum atomic E-state index is -0.0695. The second kappa shape index (κ2) is 8.62. The molecule has 29 heavy (non-hydrogen) atoms. The lowest BCUT2D eigenvalue weighted by Gasteiger charge is -2.37. The Kier molecular flexibility index (Phi) is 5.76. The number of nitrogens with one attached hydrogen (secondary N) is 2. The van der Waals surface area contributed by atoms with Gasteiger partial charge in [0.1, 0.15) is 6.04 Å². The van der Waals surface area contributed by atoms with E-state index in [2.05, 4.69) is 84.4 Å². The first-order valence-electron chi connectivity index (χ1n) is 10.4. The number of aromatic amines is 1. The maximum Gasteiger partial charge on any atom is 0.252 e. The van der Waals surface area contributed by atoms with Crippen LogP contribution in [-0.2, 0) is 0 Å². The zero-order chi connectivity index (χ0) is 20.2. The smallest absolute Gasteiger partial charge is 0.252 e. The van der Waals surface area contributed by atoms with Gasteiger partial charge in [-0.2, -0.15) is 0 Å². The van der Waals surface area contributed by atoms with Gasteiger partial charge in [0.15, 0.2) is 0 Å². The van der Waals surface area contributed by atoms with Crippen LogP contribution in [0.1, 0.15) is 42.6 Å². The molecule has 0 amide bonds. The lowest BCUT2D eigenvalue weighted by Crippen LogP contribution is -3.15. The fourth-order valence-corrected chi connectivity index (χ4v) is 4.16. The molecule has 4 rings (SSSR count). The zero-order valence-electron chi connectivity index (χ0n) is 17.1. The molecule has 3 aromatic rings. The SMILES string of the molecule is CC(C)c1cc(=O)[nH]c(N2CC[NH+](C(c3ccccc3)c3ccccc3)CC2)n1. The molecule has 0 bridgehead atoms. The van der Waals surface area contributed by atoms with E-state index in [4.69, 9.17) is 4.98 Å². The van der Waals surface area contributed by atoms with E-state index in [1.165, 1.54) is 11.1 Å². The number of aromatic nitrogens is 2. The quantitative estimate of drug-likeness (QED) is 0.705. The molecule has 2 N–H and O–H groups in total. The fraction of sp³-hybridized carbons (Fsp3) is 0.333. The van der Waals surface area contributed by atoms with Crippen molar-refractivity contribution in [3.05, 3.63) is 93.9 Å². The fourth-order valence-electron chi connectivity index (χ4n) is 4.16. The van der Waals surface area contributed by atoms with E-state index in [9.17, 15) is 4.79 Å². The van der Waals surface area contributed by atoms with Gasteiger partial charge < -0.3 is 9.80 Å². The van der Waals surface area contributed by atoms with Gasteiger partial charge in [0.05, 0.1) is 31.9 Å². The number of H-pyrrole nitrogens is 1. The topological polar surface area (TPSA) is 53.4 Å². The van der Waals surface area contributed by atoms with E-state index >= 15 is 0 Å². The Balaban J connectivity index is 1.55. The van der Waals surface area contributed by atoms with Crippen LogP contribution in [0.5, 0.6) is 0 Å². The largest absolute Gasteiger partial charge is 0.331 e. The molecule has 5 nitrogen and oxygen atoms in total. The molecule has 1 fully saturated rings. The molecule has 1 aliphatic heterocycles. The summed E-state index contributed by atoms with van der Waals surface area (Å²) in [4.78, 5) is 23.5. The van der Waals surface area contributed by atoms with Crippen molar-refractivity contribution in [3.8, 4) is 0 Å². The van der Waals surface area contributed by atoms with E-state index in [-0.39, 0.29) is 11.5 Å². The molecule has 2 heterocycles. The summed E-state index contributed by atoms with van der Waals surface area (Å²) < 4.78 is 0. The highest BCUT2D eigenvalue weighted by molar-refractivity contribution is 5.32. The summed E-state index contributed by atoms with van der Waals surface area (Å²) in [6.07, 6.45) is 0. The molecule has 5 heteroatoms. The lowest BCUT2D eigenvalue weighted by atomic mass is 9.96. The van der Waals surface area contributed by atoms with Gasteiger partial charge in [-0.15, -0.1) is 0 Å². The van der Waals surface area contributed by atoms with Crippen LogP contribution in [-0.4, -0.2) is 36.1 Å². The molecule has 1 aliphatic rings. The Labute approximate surface area is 172 Å². The van der Waals surface area contributed by atoms with Crippen molar-refractivity contribution in [2.45, 2.75) is 25.8 Å². The molecule has 0 atom stereocenters. The molecule has 2 aromatic carbocycles. The molecular weight excluding hydrogens is 360 g/mol. The van der Waals surface area contributed by atoms with Crippen LogP contribution < -0.4 is 15.4 Å². The minimum Gasteiger partial charge on any atom is -0.331 e. The number of hydrogen-bond acceptors (Lipinski definition) is 3. The molecule has 0 aliphatic carbocycles. The predicted octanol–water partition coefficient (Wildman–Crippen LogP) is 2.39. The Bertz CT molecular complexity index is 937. The van der Waals surface area contributed by atoms with Gasteiger partial charge in [0, 0.05) is 17.2 Å². The van der Waals surface area contributed by atoms with Crippen molar-refractivity contribution in [3.63, 3.8) is 0 Å². The average Bonchev–Trinajstić information content (AvgIpc) is 2.75. The first-order chi connectivity index (χ1) is 14.1. The summed E-state index contributed by atoms with van der Waals surface area (Å²) >= 11 is 0. The third-order valence-corrected chi connectivity index (χ3v) is 5.72. The molecular formula is C24H29N4O+. The number of benzene rings is 2. The summed E-state index contributed by atoms with van der Waals surface area (Å²) in [5.41, 5.74) is 3.47. The second-order valence-corrected chi connectivity index (χ2v) is 8.05. The van der Waals surface area contributed by atoms with Crippen LogP contribution in [0.2, 0.25) is 0 Å². The highest BCUT2D eigenvalue weighted by Gasteiger charge is 2.30. The summed E-state index contributed by atoms with van der Waals surface area (Å²) in [6, 6.07) is 23.4. The summed E-state index contributed by atoms with van der Waals surface area (Å²) in [7, 11) is 0. The third-order valence-electron chi connectivity index (χ3n) is 5.72. The van der Waals surface area contributed by atoms with Crippen molar-refractivity contribution in [1.29, 1.82) is 0 Å². The number of nitrogens with zero attached hydrogens (tertiary/aromatic N) is 2. The Morgan fingerprint density at radius 1 is 0.931 bits per heavy atom. The molecule has 0 saturated carbocycles. The number of rotatable bonds is 5. The Hall–Kier alpha value is -2.92. The van der Waals surface area contributed by atoms with E-state index in [1.807, 2.05) is 0 Å². The van der Waals surface area contributed by atoms with E-state index in [0.29, 0.717) is 12.0 Å². The molecule has 1 saturated heterocycles. The van der Waals surface area contributed by atoms with Gasteiger partial charge in [0.2, 0.25) is 5.95 Å². The first-order valence-corrected chi connectivity index (χ1v) is 10.4. The highest BCUT2D eigenvalue weighted by Crippen LogP contribution is 2.20. The standard InChI is InChI=1S/C24H28N4O/c1-18(2)21-17-22(29)26-24(25-21)28-15-13-27(14-16-28)23(19-9-5-3-6-10-19)20-11-7-4-8-12-20/h3-12,17-18,23H,13-16H2,1-2H3,(H,25,26,29)/p+1. The summed E-state index contributed by atoms with van der Waals surface area (Å²) in [5, 5.41) is 0. The van der Waals surface area contributed by atoms with Gasteiger partial charge in [-0.3, -0.25) is 9.78 Å². The normalized spacial score (nSPS) is 15.2. The van der Waals surface area contributed by atoms with Crippen molar-refractivity contribution in [2.24, 2.45) is 0 Å². The molecule has 0 spiro atoms. The molecule has 0 unspecified atom stereocenters. The van der Waals surface area contributed by atoms with Crippen molar-refractivity contribution in [2.75, 3.05) is 31.1 Å². The van der Waals surface area contributed by atoms with Gasteiger partial charge in [-0.05, 0) is 5.92 Å². The van der Waals surface area contributed by atoms with Gasteiger partial charge in [-0.1, -0.05) is 74.5 Å². The molecule has 1 aromatic heterocycles. The highest BCUT2D eigenvalue weighted by atomic mass is 16.1.